The van der Waals surface area contributed by atoms with Gasteiger partial charge < -0.3 is 5.32 Å². The second-order valence-corrected chi connectivity index (χ2v) is 13.2. The van der Waals surface area contributed by atoms with Gasteiger partial charge >= 0.3 is 0 Å². The Morgan fingerprint density at radius 2 is 1.32 bits per heavy atom. The van der Waals surface area contributed by atoms with Gasteiger partial charge in [0.05, 0.1) is 15.5 Å². The predicted molar refractivity (Wildman–Crippen MR) is 157 cm³/mol. The first-order valence-electron chi connectivity index (χ1n) is 11.1. The normalized spacial score (nSPS) is 11.5. The molecule has 0 atom stereocenters. The van der Waals surface area contributed by atoms with E-state index < -0.39 is 32.5 Å². The van der Waals surface area contributed by atoms with Gasteiger partial charge in [0.25, 0.3) is 20.0 Å². The fraction of sp³-hybridized carbons (Fsp3) is 0.0385. The van der Waals surface area contributed by atoms with Crippen LogP contribution in [0.15, 0.2) is 113 Å². The van der Waals surface area contributed by atoms with E-state index in [9.17, 15) is 21.6 Å². The molecule has 0 aliphatic carbocycles. The molecule has 0 aliphatic rings. The molecule has 0 aromatic heterocycles. The number of hydrogen-bond acceptors (Lipinski definition) is 5. The van der Waals surface area contributed by atoms with Crippen molar-refractivity contribution in [3.63, 3.8) is 0 Å². The van der Waals surface area contributed by atoms with Crippen molar-refractivity contribution in [1.29, 1.82) is 0 Å². The largest absolute Gasteiger partial charge is 0.325 e. The first kappa shape index (κ1) is 27.9. The summed E-state index contributed by atoms with van der Waals surface area (Å²) in [6.07, 6.45) is 0. The molecule has 12 heteroatoms. The van der Waals surface area contributed by atoms with Crippen molar-refractivity contribution < 1.29 is 21.6 Å². The Labute approximate surface area is 239 Å². The first-order valence-corrected chi connectivity index (χ1v) is 15.4. The summed E-state index contributed by atoms with van der Waals surface area (Å²) in [5.74, 6) is -0.599. The Morgan fingerprint density at radius 1 is 0.737 bits per heavy atom. The van der Waals surface area contributed by atoms with Crippen molar-refractivity contribution in [2.75, 3.05) is 20.9 Å². The molecule has 0 bridgehead atoms. The van der Waals surface area contributed by atoms with Crippen LogP contribution in [-0.4, -0.2) is 29.3 Å². The minimum absolute atomic E-state index is 0.0161. The SMILES string of the molecule is O=C(CN(c1ccc(I)cc1)S(=O)(=O)c1ccccc1)Nc1ccc(S(=O)(=O)Nc2ccc(Cl)cc2)cc1. The molecule has 0 fully saturated rings. The summed E-state index contributed by atoms with van der Waals surface area (Å²) in [5, 5.41) is 3.11. The van der Waals surface area contributed by atoms with Crippen LogP contribution in [0.25, 0.3) is 0 Å². The molecule has 1 amide bonds. The maximum absolute atomic E-state index is 13.4. The number of benzene rings is 4. The lowest BCUT2D eigenvalue weighted by Gasteiger charge is -2.24. The van der Waals surface area contributed by atoms with E-state index in [0.717, 1.165) is 7.88 Å². The number of carbonyl (C=O) groups excluding carboxylic acids is 1. The Balaban J connectivity index is 1.51. The molecule has 0 saturated carbocycles. The van der Waals surface area contributed by atoms with E-state index >= 15 is 0 Å². The number of anilines is 3. The quantitative estimate of drug-likeness (QED) is 0.224. The van der Waals surface area contributed by atoms with Gasteiger partial charge in [-0.05, 0) is 108 Å². The fourth-order valence-electron chi connectivity index (χ4n) is 3.42. The number of hydrogen-bond donors (Lipinski definition) is 2. The van der Waals surface area contributed by atoms with Crippen LogP contribution in [0.2, 0.25) is 5.02 Å². The lowest BCUT2D eigenvalue weighted by Crippen LogP contribution is -2.38. The highest BCUT2D eigenvalue weighted by molar-refractivity contribution is 14.1. The molecule has 4 aromatic rings. The van der Waals surface area contributed by atoms with Gasteiger partial charge in [0.15, 0.2) is 0 Å². The summed E-state index contributed by atoms with van der Waals surface area (Å²) in [4.78, 5) is 13.0. The maximum atomic E-state index is 13.4. The van der Waals surface area contributed by atoms with Gasteiger partial charge in [-0.2, -0.15) is 0 Å². The van der Waals surface area contributed by atoms with Crippen molar-refractivity contribution in [1.82, 2.24) is 0 Å². The number of sulfonamides is 2. The molecule has 38 heavy (non-hydrogen) atoms. The average Bonchev–Trinajstić information content (AvgIpc) is 2.90. The average molecular weight is 682 g/mol. The minimum Gasteiger partial charge on any atom is -0.325 e. The number of nitrogens with one attached hydrogen (secondary N) is 2. The van der Waals surface area contributed by atoms with Crippen LogP contribution < -0.4 is 14.3 Å². The second-order valence-electron chi connectivity index (χ2n) is 7.99. The van der Waals surface area contributed by atoms with Crippen LogP contribution in [0.1, 0.15) is 0 Å². The zero-order valence-corrected chi connectivity index (χ0v) is 24.1. The standard InChI is InChI=1S/C26H21ClIN3O5S2/c27-19-6-10-22(11-7-19)30-37(33,34)24-16-12-21(13-17-24)29-26(32)18-31(23-14-8-20(28)9-15-23)38(35,36)25-4-2-1-3-5-25/h1-17,30H,18H2,(H,29,32). The topological polar surface area (TPSA) is 113 Å². The molecule has 0 radical (unpaired) electrons. The summed E-state index contributed by atoms with van der Waals surface area (Å²) in [6.45, 7) is -0.490. The van der Waals surface area contributed by atoms with Crippen molar-refractivity contribution in [3.05, 3.63) is 112 Å². The number of carbonyl (C=O) groups is 1. The molecule has 0 saturated heterocycles. The highest BCUT2D eigenvalue weighted by Crippen LogP contribution is 2.25. The second kappa shape index (κ2) is 11.7. The van der Waals surface area contributed by atoms with Crippen molar-refractivity contribution in [2.45, 2.75) is 9.79 Å². The van der Waals surface area contributed by atoms with Gasteiger partial charge in [-0.15, -0.1) is 0 Å². The van der Waals surface area contributed by atoms with Crippen LogP contribution in [0.5, 0.6) is 0 Å². The van der Waals surface area contributed by atoms with E-state index in [2.05, 4.69) is 32.6 Å². The van der Waals surface area contributed by atoms with Crippen molar-refractivity contribution >= 4 is 77.2 Å². The Morgan fingerprint density at radius 3 is 1.92 bits per heavy atom. The van der Waals surface area contributed by atoms with Crippen LogP contribution in [-0.2, 0) is 24.8 Å². The van der Waals surface area contributed by atoms with Crippen LogP contribution in [0.3, 0.4) is 0 Å². The summed E-state index contributed by atoms with van der Waals surface area (Å²) in [5.41, 5.74) is 0.987. The van der Waals surface area contributed by atoms with Crippen molar-refractivity contribution in [2.24, 2.45) is 0 Å². The van der Waals surface area contributed by atoms with E-state index in [-0.39, 0.29) is 9.79 Å². The fourth-order valence-corrected chi connectivity index (χ4v) is 6.41. The summed E-state index contributed by atoms with van der Waals surface area (Å²) in [7, 11) is -7.91. The molecule has 2 N–H and O–H groups in total. The Hall–Kier alpha value is -3.13. The highest BCUT2D eigenvalue weighted by atomic mass is 127. The lowest BCUT2D eigenvalue weighted by atomic mass is 10.3. The van der Waals surface area contributed by atoms with Gasteiger partial charge in [-0.1, -0.05) is 29.8 Å². The molecular weight excluding hydrogens is 661 g/mol. The maximum Gasteiger partial charge on any atom is 0.264 e. The number of halogens is 2. The van der Waals surface area contributed by atoms with Crippen LogP contribution in [0, 0.1) is 3.57 Å². The van der Waals surface area contributed by atoms with Gasteiger partial charge in [0, 0.05) is 20.0 Å². The van der Waals surface area contributed by atoms with Crippen LogP contribution >= 0.6 is 34.2 Å². The minimum atomic E-state index is -4.04. The van der Waals surface area contributed by atoms with E-state index in [4.69, 9.17) is 11.6 Å². The van der Waals surface area contributed by atoms with E-state index in [0.29, 0.717) is 22.1 Å². The Kier molecular flexibility index (Phi) is 8.61. The smallest absolute Gasteiger partial charge is 0.264 e. The number of nitrogens with zero attached hydrogens (tertiary/aromatic N) is 1. The molecule has 196 valence electrons. The zero-order valence-electron chi connectivity index (χ0n) is 19.6. The van der Waals surface area contributed by atoms with E-state index in [1.807, 2.05) is 0 Å². The third-order valence-electron chi connectivity index (χ3n) is 5.28. The van der Waals surface area contributed by atoms with Gasteiger partial charge in [-0.3, -0.25) is 13.8 Å². The lowest BCUT2D eigenvalue weighted by molar-refractivity contribution is -0.114. The molecule has 4 aromatic carbocycles. The number of rotatable bonds is 9. The molecule has 0 unspecified atom stereocenters. The monoisotopic (exact) mass is 681 g/mol. The summed E-state index contributed by atoms with van der Waals surface area (Å²) >= 11 is 7.95. The predicted octanol–water partition coefficient (Wildman–Crippen LogP) is 5.58. The molecule has 0 spiro atoms. The van der Waals surface area contributed by atoms with Crippen molar-refractivity contribution in [3.8, 4) is 0 Å². The molecule has 4 rings (SSSR count). The molecule has 8 nitrogen and oxygen atoms in total. The first-order chi connectivity index (χ1) is 18.0. The third-order valence-corrected chi connectivity index (χ3v) is 9.43. The molecule has 0 heterocycles. The third kappa shape index (κ3) is 6.84. The van der Waals surface area contributed by atoms with Gasteiger partial charge in [-0.25, -0.2) is 16.8 Å². The van der Waals surface area contributed by atoms with Gasteiger partial charge in [0.2, 0.25) is 5.91 Å². The van der Waals surface area contributed by atoms with E-state index in [1.165, 1.54) is 48.5 Å². The molecular formula is C26H21ClIN3O5S2. The molecule has 0 aliphatic heterocycles. The zero-order chi connectivity index (χ0) is 27.3. The highest BCUT2D eigenvalue weighted by Gasteiger charge is 2.27. The summed E-state index contributed by atoms with van der Waals surface area (Å²) < 4.78 is 56.6. The van der Waals surface area contributed by atoms with Gasteiger partial charge in [0.1, 0.15) is 6.54 Å². The van der Waals surface area contributed by atoms with Crippen LogP contribution in [0.4, 0.5) is 17.1 Å². The Bertz CT molecular complexity index is 1630. The van der Waals surface area contributed by atoms with E-state index in [1.54, 1.807) is 54.6 Å². The number of amides is 1. The summed E-state index contributed by atoms with van der Waals surface area (Å²) in [6, 6.07) is 26.3.